The average molecular weight is 359 g/mol. The summed E-state index contributed by atoms with van der Waals surface area (Å²) >= 11 is 1.12. The third kappa shape index (κ3) is 3.30. The van der Waals surface area contributed by atoms with Crippen molar-refractivity contribution in [1.29, 1.82) is 0 Å². The molecule has 0 saturated carbocycles. The molecule has 1 aromatic carbocycles. The van der Waals surface area contributed by atoms with Gasteiger partial charge in [0.15, 0.2) is 10.9 Å². The number of anilines is 1. The highest BCUT2D eigenvalue weighted by molar-refractivity contribution is 7.17. The summed E-state index contributed by atoms with van der Waals surface area (Å²) in [4.78, 5) is 40.3. The number of carbonyl (C=O) groups is 2. The average Bonchev–Trinajstić information content (AvgIpc) is 2.87. The Kier molecular flexibility index (Phi) is 4.16. The van der Waals surface area contributed by atoms with Crippen molar-refractivity contribution in [3.63, 3.8) is 0 Å². The predicted molar refractivity (Wildman–Crippen MR) is 94.3 cm³/mol. The first-order valence-corrected chi connectivity index (χ1v) is 8.58. The highest BCUT2D eigenvalue weighted by Gasteiger charge is 2.34. The Balaban J connectivity index is 1.90. The van der Waals surface area contributed by atoms with E-state index in [0.717, 1.165) is 11.3 Å². The predicted octanol–water partition coefficient (Wildman–Crippen LogP) is 3.77. The molecule has 0 atom stereocenters. The lowest BCUT2D eigenvalue weighted by atomic mass is 9.78. The van der Waals surface area contributed by atoms with Crippen molar-refractivity contribution in [3.8, 4) is 0 Å². The number of nitro groups is 1. The summed E-state index contributed by atoms with van der Waals surface area (Å²) in [7, 11) is 0. The topological polar surface area (TPSA) is 102 Å². The number of fused-ring (bicyclic) bond motifs is 1. The van der Waals surface area contributed by atoms with Crippen LogP contribution in [0.4, 0.5) is 10.8 Å². The van der Waals surface area contributed by atoms with Crippen LogP contribution in [0.2, 0.25) is 0 Å². The maximum absolute atomic E-state index is 12.5. The van der Waals surface area contributed by atoms with Gasteiger partial charge in [0.05, 0.1) is 15.5 Å². The van der Waals surface area contributed by atoms with Crippen molar-refractivity contribution < 1.29 is 14.5 Å². The Morgan fingerprint density at radius 3 is 2.76 bits per heavy atom. The van der Waals surface area contributed by atoms with Gasteiger partial charge in [-0.3, -0.25) is 25.0 Å². The molecule has 1 amide bonds. The Hall–Kier alpha value is -2.61. The summed E-state index contributed by atoms with van der Waals surface area (Å²) in [6.45, 7) is 5.58. The first-order valence-electron chi connectivity index (χ1n) is 7.76. The zero-order valence-corrected chi connectivity index (χ0v) is 14.9. The second-order valence-electron chi connectivity index (χ2n) is 6.92. The maximum Gasteiger partial charge on any atom is 0.285 e. The number of para-hydroxylation sites is 1. The van der Waals surface area contributed by atoms with Crippen LogP contribution in [0.5, 0.6) is 0 Å². The van der Waals surface area contributed by atoms with E-state index in [9.17, 15) is 19.7 Å². The van der Waals surface area contributed by atoms with Gasteiger partial charge < -0.3 is 0 Å². The number of nitrogens with zero attached hydrogens (tertiary/aromatic N) is 2. The quantitative estimate of drug-likeness (QED) is 0.664. The number of hydrogen-bond donors (Lipinski definition) is 1. The summed E-state index contributed by atoms with van der Waals surface area (Å²) in [5, 5.41) is 14.1. The van der Waals surface area contributed by atoms with Crippen LogP contribution in [0.3, 0.4) is 0 Å². The van der Waals surface area contributed by atoms with Gasteiger partial charge in [0.2, 0.25) is 0 Å². The van der Waals surface area contributed by atoms with Crippen LogP contribution >= 0.6 is 11.3 Å². The van der Waals surface area contributed by atoms with Gasteiger partial charge in [-0.25, -0.2) is 4.98 Å². The van der Waals surface area contributed by atoms with Crippen molar-refractivity contribution in [2.75, 3.05) is 5.32 Å². The minimum Gasteiger partial charge on any atom is -0.298 e. The second-order valence-corrected chi connectivity index (χ2v) is 7.92. The molecular weight excluding hydrogens is 342 g/mol. The minimum atomic E-state index is -0.604. The number of hydrogen-bond acceptors (Lipinski definition) is 6. The number of Topliss-reactive ketones (excluding diaryl/α,β-unsaturated/α-hetero) is 1. The van der Waals surface area contributed by atoms with E-state index in [4.69, 9.17) is 0 Å². The van der Waals surface area contributed by atoms with Gasteiger partial charge in [-0.15, -0.1) is 0 Å². The monoisotopic (exact) mass is 359 g/mol. The lowest BCUT2D eigenvalue weighted by Gasteiger charge is -2.26. The van der Waals surface area contributed by atoms with E-state index < -0.39 is 10.8 Å². The van der Waals surface area contributed by atoms with Gasteiger partial charge in [-0.1, -0.05) is 37.3 Å². The van der Waals surface area contributed by atoms with E-state index in [0.29, 0.717) is 29.0 Å². The van der Waals surface area contributed by atoms with Gasteiger partial charge in [0.25, 0.3) is 11.6 Å². The molecule has 0 aliphatic heterocycles. The van der Waals surface area contributed by atoms with Crippen LogP contribution in [0, 0.1) is 22.5 Å². The number of benzene rings is 1. The van der Waals surface area contributed by atoms with Gasteiger partial charge in [0.1, 0.15) is 5.56 Å². The summed E-state index contributed by atoms with van der Waals surface area (Å²) in [5.74, 6) is -0.584. The van der Waals surface area contributed by atoms with Gasteiger partial charge in [-0.05, 0) is 24.8 Å². The zero-order chi connectivity index (χ0) is 18.4. The highest BCUT2D eigenvalue weighted by atomic mass is 32.1. The normalized spacial score (nSPS) is 15.6. The fraction of sp³-hybridized carbons (Fsp3) is 0.353. The fourth-order valence-corrected chi connectivity index (χ4v) is 3.94. The standard InChI is InChI=1S/C17H17N3O4S/c1-9-5-4-6-10(13(9)20(23)24)15(22)19-16-18-11-7-17(2,3)8-12(21)14(11)25-16/h4-6H,7-8H2,1-3H3,(H,18,19,22). The van der Waals surface area contributed by atoms with Gasteiger partial charge >= 0.3 is 0 Å². The Morgan fingerprint density at radius 1 is 1.36 bits per heavy atom. The van der Waals surface area contributed by atoms with E-state index >= 15 is 0 Å². The number of aromatic nitrogens is 1. The molecule has 1 heterocycles. The Bertz CT molecular complexity index is 901. The van der Waals surface area contributed by atoms with E-state index in [1.165, 1.54) is 6.07 Å². The summed E-state index contributed by atoms with van der Waals surface area (Å²) < 4.78 is 0. The molecule has 3 rings (SSSR count). The minimum absolute atomic E-state index is 0.0192. The van der Waals surface area contributed by atoms with E-state index in [-0.39, 0.29) is 27.6 Å². The van der Waals surface area contributed by atoms with Crippen molar-refractivity contribution in [2.45, 2.75) is 33.6 Å². The van der Waals surface area contributed by atoms with Crippen LogP contribution in [0.15, 0.2) is 18.2 Å². The lowest BCUT2D eigenvalue weighted by molar-refractivity contribution is -0.385. The number of nitrogens with one attached hydrogen (secondary N) is 1. The summed E-state index contributed by atoms with van der Waals surface area (Å²) in [6, 6.07) is 4.58. The Morgan fingerprint density at radius 2 is 2.08 bits per heavy atom. The summed E-state index contributed by atoms with van der Waals surface area (Å²) in [5.41, 5.74) is 0.686. The SMILES string of the molecule is Cc1cccc(C(=O)Nc2nc3c(s2)C(=O)CC(C)(C)C3)c1[N+](=O)[O-]. The molecule has 0 spiro atoms. The van der Waals surface area contributed by atoms with Crippen molar-refractivity contribution >= 4 is 33.8 Å². The van der Waals surface area contributed by atoms with Crippen molar-refractivity contribution in [3.05, 3.63) is 50.0 Å². The molecule has 1 N–H and O–H groups in total. The molecule has 1 aliphatic carbocycles. The zero-order valence-electron chi connectivity index (χ0n) is 14.1. The first-order chi connectivity index (χ1) is 11.7. The molecule has 0 unspecified atom stereocenters. The van der Waals surface area contributed by atoms with Crippen LogP contribution in [-0.2, 0) is 6.42 Å². The molecule has 7 nitrogen and oxygen atoms in total. The maximum atomic E-state index is 12.5. The molecule has 0 radical (unpaired) electrons. The third-order valence-electron chi connectivity index (χ3n) is 4.12. The number of carbonyl (C=O) groups excluding carboxylic acids is 2. The van der Waals surface area contributed by atoms with Gasteiger partial charge in [-0.2, -0.15) is 0 Å². The number of thiazole rings is 1. The summed E-state index contributed by atoms with van der Waals surface area (Å²) in [6.07, 6.45) is 1.10. The molecule has 1 aliphatic rings. The smallest absolute Gasteiger partial charge is 0.285 e. The van der Waals surface area contributed by atoms with Gasteiger partial charge in [0, 0.05) is 12.0 Å². The largest absolute Gasteiger partial charge is 0.298 e. The molecule has 1 aromatic heterocycles. The number of ketones is 1. The van der Waals surface area contributed by atoms with E-state index in [1.54, 1.807) is 19.1 Å². The first kappa shape index (κ1) is 17.2. The van der Waals surface area contributed by atoms with E-state index in [1.807, 2.05) is 13.8 Å². The number of rotatable bonds is 3. The van der Waals surface area contributed by atoms with E-state index in [2.05, 4.69) is 10.3 Å². The molecular formula is C17H17N3O4S. The molecule has 0 bridgehead atoms. The number of nitro benzene ring substituents is 1. The molecule has 0 saturated heterocycles. The van der Waals surface area contributed by atoms with Crippen LogP contribution in [-0.4, -0.2) is 21.6 Å². The lowest BCUT2D eigenvalue weighted by Crippen LogP contribution is -2.26. The van der Waals surface area contributed by atoms with Crippen LogP contribution in [0.25, 0.3) is 0 Å². The molecule has 25 heavy (non-hydrogen) atoms. The molecule has 8 heteroatoms. The van der Waals surface area contributed by atoms with Crippen molar-refractivity contribution in [1.82, 2.24) is 4.98 Å². The van der Waals surface area contributed by atoms with Crippen molar-refractivity contribution in [2.24, 2.45) is 5.41 Å². The number of aryl methyl sites for hydroxylation is 1. The Labute approximate surface area is 148 Å². The molecule has 0 fully saturated rings. The molecule has 2 aromatic rings. The third-order valence-corrected chi connectivity index (χ3v) is 5.18. The fourth-order valence-electron chi connectivity index (χ4n) is 3.02. The number of amides is 1. The highest BCUT2D eigenvalue weighted by Crippen LogP contribution is 2.38. The van der Waals surface area contributed by atoms with Crippen LogP contribution in [0.1, 0.15) is 51.6 Å². The molecule has 130 valence electrons. The van der Waals surface area contributed by atoms with Crippen LogP contribution < -0.4 is 5.32 Å². The second kappa shape index (κ2) is 6.03.